The van der Waals surface area contributed by atoms with Gasteiger partial charge in [-0.05, 0) is 31.2 Å². The molecule has 0 fully saturated rings. The SMILES string of the molecule is CCOC(=O)c1nn(-c2ccc(OC)cc2)c2c1CN(C(=O)c1cnccn1)CC2. The zero-order valence-electron chi connectivity index (χ0n) is 16.7. The number of benzene rings is 1. The highest BCUT2D eigenvalue weighted by molar-refractivity contribution is 5.93. The quantitative estimate of drug-likeness (QED) is 0.597. The number of ether oxygens (including phenoxy) is 2. The van der Waals surface area contributed by atoms with Gasteiger partial charge in [0.05, 0.1) is 37.8 Å². The van der Waals surface area contributed by atoms with Crippen molar-refractivity contribution in [3.63, 3.8) is 0 Å². The van der Waals surface area contributed by atoms with Gasteiger partial charge >= 0.3 is 5.97 Å². The number of rotatable bonds is 5. The Hall–Kier alpha value is -3.75. The molecule has 0 saturated heterocycles. The molecule has 9 heteroatoms. The van der Waals surface area contributed by atoms with Crippen molar-refractivity contribution in [3.05, 3.63) is 65.5 Å². The van der Waals surface area contributed by atoms with Crippen LogP contribution in [0, 0.1) is 0 Å². The van der Waals surface area contributed by atoms with Gasteiger partial charge in [0.25, 0.3) is 5.91 Å². The molecule has 0 unspecified atom stereocenters. The molecule has 1 amide bonds. The van der Waals surface area contributed by atoms with Gasteiger partial charge in [-0.2, -0.15) is 5.10 Å². The zero-order chi connectivity index (χ0) is 21.1. The minimum Gasteiger partial charge on any atom is -0.497 e. The molecule has 2 aromatic heterocycles. The van der Waals surface area contributed by atoms with Gasteiger partial charge in [-0.15, -0.1) is 0 Å². The van der Waals surface area contributed by atoms with Crippen molar-refractivity contribution in [1.82, 2.24) is 24.6 Å². The van der Waals surface area contributed by atoms with Crippen molar-refractivity contribution in [2.45, 2.75) is 19.9 Å². The van der Waals surface area contributed by atoms with Gasteiger partial charge in [-0.1, -0.05) is 0 Å². The van der Waals surface area contributed by atoms with E-state index in [9.17, 15) is 9.59 Å². The fourth-order valence-electron chi connectivity index (χ4n) is 3.46. The van der Waals surface area contributed by atoms with Crippen molar-refractivity contribution in [2.75, 3.05) is 20.3 Å². The third-order valence-electron chi connectivity index (χ3n) is 4.91. The summed E-state index contributed by atoms with van der Waals surface area (Å²) in [6.45, 7) is 2.71. The predicted molar refractivity (Wildman–Crippen MR) is 107 cm³/mol. The van der Waals surface area contributed by atoms with Crippen molar-refractivity contribution in [2.24, 2.45) is 0 Å². The van der Waals surface area contributed by atoms with Crippen molar-refractivity contribution in [1.29, 1.82) is 0 Å². The number of methoxy groups -OCH3 is 1. The van der Waals surface area contributed by atoms with Crippen LogP contribution < -0.4 is 4.74 Å². The highest BCUT2D eigenvalue weighted by Crippen LogP contribution is 2.27. The van der Waals surface area contributed by atoms with Crippen LogP contribution in [0.1, 0.15) is 39.2 Å². The zero-order valence-corrected chi connectivity index (χ0v) is 16.7. The topological polar surface area (TPSA) is 99.4 Å². The molecule has 0 spiro atoms. The summed E-state index contributed by atoms with van der Waals surface area (Å²) in [6, 6.07) is 7.41. The molecule has 0 saturated carbocycles. The third-order valence-corrected chi connectivity index (χ3v) is 4.91. The summed E-state index contributed by atoms with van der Waals surface area (Å²) in [5.41, 5.74) is 2.86. The van der Waals surface area contributed by atoms with E-state index in [4.69, 9.17) is 9.47 Å². The summed E-state index contributed by atoms with van der Waals surface area (Å²) >= 11 is 0. The first kappa shape index (κ1) is 19.6. The molecule has 9 nitrogen and oxygen atoms in total. The Morgan fingerprint density at radius 1 is 1.17 bits per heavy atom. The molecule has 0 N–H and O–H groups in total. The smallest absolute Gasteiger partial charge is 0.359 e. The van der Waals surface area contributed by atoms with Crippen LogP contribution in [0.3, 0.4) is 0 Å². The first-order valence-corrected chi connectivity index (χ1v) is 9.60. The van der Waals surface area contributed by atoms with Crippen LogP contribution in [-0.2, 0) is 17.7 Å². The molecule has 1 aliphatic heterocycles. The molecule has 0 bridgehead atoms. The van der Waals surface area contributed by atoms with Gasteiger partial charge < -0.3 is 14.4 Å². The van der Waals surface area contributed by atoms with E-state index in [2.05, 4.69) is 15.1 Å². The molecule has 30 heavy (non-hydrogen) atoms. The number of amides is 1. The van der Waals surface area contributed by atoms with Crippen LogP contribution in [0.15, 0.2) is 42.9 Å². The predicted octanol–water partition coefficient (Wildman–Crippen LogP) is 2.05. The van der Waals surface area contributed by atoms with Gasteiger partial charge in [-0.3, -0.25) is 9.78 Å². The van der Waals surface area contributed by atoms with E-state index in [-0.39, 0.29) is 30.4 Å². The average molecular weight is 407 g/mol. The Morgan fingerprint density at radius 3 is 2.63 bits per heavy atom. The van der Waals surface area contributed by atoms with E-state index in [1.807, 2.05) is 24.3 Å². The third kappa shape index (κ3) is 3.61. The molecule has 4 rings (SSSR count). The van der Waals surface area contributed by atoms with Crippen LogP contribution in [-0.4, -0.2) is 56.8 Å². The number of fused-ring (bicyclic) bond motifs is 1. The first-order valence-electron chi connectivity index (χ1n) is 9.60. The van der Waals surface area contributed by atoms with E-state index in [1.54, 1.807) is 23.6 Å². The van der Waals surface area contributed by atoms with E-state index in [0.29, 0.717) is 18.5 Å². The number of aromatic nitrogens is 4. The molecule has 0 atom stereocenters. The van der Waals surface area contributed by atoms with Gasteiger partial charge in [0.1, 0.15) is 11.4 Å². The molecular formula is C21H21N5O4. The monoisotopic (exact) mass is 407 g/mol. The maximum Gasteiger partial charge on any atom is 0.359 e. The lowest BCUT2D eigenvalue weighted by atomic mass is 10.0. The van der Waals surface area contributed by atoms with Crippen LogP contribution >= 0.6 is 0 Å². The number of carbonyl (C=O) groups is 2. The largest absolute Gasteiger partial charge is 0.497 e. The van der Waals surface area contributed by atoms with Crippen molar-refractivity contribution in [3.8, 4) is 11.4 Å². The van der Waals surface area contributed by atoms with Gasteiger partial charge in [0, 0.05) is 30.9 Å². The number of hydrogen-bond donors (Lipinski definition) is 0. The normalized spacial score (nSPS) is 12.9. The average Bonchev–Trinajstić information content (AvgIpc) is 3.18. The lowest BCUT2D eigenvalue weighted by Gasteiger charge is -2.27. The molecule has 1 aromatic carbocycles. The van der Waals surface area contributed by atoms with Gasteiger partial charge in [0.2, 0.25) is 0 Å². The highest BCUT2D eigenvalue weighted by Gasteiger charge is 2.32. The van der Waals surface area contributed by atoms with E-state index < -0.39 is 5.97 Å². The fraction of sp³-hybridized carbons (Fsp3) is 0.286. The van der Waals surface area contributed by atoms with Gasteiger partial charge in [-0.25, -0.2) is 14.5 Å². The van der Waals surface area contributed by atoms with E-state index in [0.717, 1.165) is 17.1 Å². The summed E-state index contributed by atoms with van der Waals surface area (Å²) in [7, 11) is 1.60. The van der Waals surface area contributed by atoms with Gasteiger partial charge in [0.15, 0.2) is 5.69 Å². The second-order valence-electron chi connectivity index (χ2n) is 6.67. The van der Waals surface area contributed by atoms with Crippen molar-refractivity contribution < 1.29 is 19.1 Å². The van der Waals surface area contributed by atoms with E-state index in [1.165, 1.54) is 18.6 Å². The summed E-state index contributed by atoms with van der Waals surface area (Å²) in [6.07, 6.45) is 4.97. The lowest BCUT2D eigenvalue weighted by Crippen LogP contribution is -2.37. The van der Waals surface area contributed by atoms with Crippen LogP contribution in [0.5, 0.6) is 5.75 Å². The summed E-state index contributed by atoms with van der Waals surface area (Å²) < 4.78 is 12.2. The number of esters is 1. The Balaban J connectivity index is 1.71. The minimum absolute atomic E-state index is 0.222. The fourth-order valence-corrected chi connectivity index (χ4v) is 3.46. The Morgan fingerprint density at radius 2 is 1.97 bits per heavy atom. The highest BCUT2D eigenvalue weighted by atomic mass is 16.5. The molecule has 1 aliphatic rings. The molecule has 3 aromatic rings. The van der Waals surface area contributed by atoms with Crippen LogP contribution in [0.4, 0.5) is 0 Å². The minimum atomic E-state index is -0.505. The summed E-state index contributed by atoms with van der Waals surface area (Å²) in [5, 5.41) is 4.54. The Bertz CT molecular complexity index is 1060. The lowest BCUT2D eigenvalue weighted by molar-refractivity contribution is 0.0513. The number of nitrogens with zero attached hydrogens (tertiary/aromatic N) is 5. The second kappa shape index (κ2) is 8.32. The number of carbonyl (C=O) groups excluding carboxylic acids is 2. The summed E-state index contributed by atoms with van der Waals surface area (Å²) in [4.78, 5) is 35.1. The number of hydrogen-bond acceptors (Lipinski definition) is 7. The molecule has 154 valence electrons. The summed E-state index contributed by atoms with van der Waals surface area (Å²) in [5.74, 6) is -0.0123. The second-order valence-corrected chi connectivity index (χ2v) is 6.67. The maximum atomic E-state index is 12.8. The van der Waals surface area contributed by atoms with Crippen LogP contribution in [0.2, 0.25) is 0 Å². The molecule has 0 radical (unpaired) electrons. The molecule has 0 aliphatic carbocycles. The Labute approximate surface area is 173 Å². The maximum absolute atomic E-state index is 12.8. The standard InChI is InChI=1S/C21H21N5O4/c1-3-30-21(28)19-16-13-25(20(27)17-12-22-9-10-23-17)11-8-18(16)26(24-19)14-4-6-15(29-2)7-5-14/h4-7,9-10,12H,3,8,11,13H2,1-2H3. The van der Waals surface area contributed by atoms with Crippen molar-refractivity contribution >= 4 is 11.9 Å². The van der Waals surface area contributed by atoms with E-state index >= 15 is 0 Å². The first-order chi connectivity index (χ1) is 14.6. The molecule has 3 heterocycles. The molecular weight excluding hydrogens is 386 g/mol. The van der Waals surface area contributed by atoms with Crippen LogP contribution in [0.25, 0.3) is 5.69 Å². The Kier molecular flexibility index (Phi) is 5.42.